The molecule has 0 aliphatic rings. The summed E-state index contributed by atoms with van der Waals surface area (Å²) in [7, 11) is 1.21. The first-order valence-corrected chi connectivity index (χ1v) is 13.0. The Hall–Kier alpha value is -3.63. The van der Waals surface area contributed by atoms with Crippen molar-refractivity contribution in [2.45, 2.75) is 97.9 Å². The lowest BCUT2D eigenvalue weighted by Crippen LogP contribution is -2.59. The molecular formula is C28H44N4O7. The third-order valence-corrected chi connectivity index (χ3v) is 6.41. The number of amides is 4. The fourth-order valence-electron chi connectivity index (χ4n) is 3.79. The zero-order valence-electron chi connectivity index (χ0n) is 24.6. The molecule has 0 aliphatic heterocycles. The maximum atomic E-state index is 14.3. The second-order valence-electron chi connectivity index (χ2n) is 11.1. The Morgan fingerprint density at radius 1 is 1.03 bits per heavy atom. The number of nitrogens with zero attached hydrogens (tertiary/aromatic N) is 1. The van der Waals surface area contributed by atoms with Gasteiger partial charge >= 0.3 is 12.1 Å². The van der Waals surface area contributed by atoms with Crippen LogP contribution in [-0.4, -0.2) is 65.5 Å². The second kappa shape index (κ2) is 14.0. The minimum Gasteiger partial charge on any atom is -0.468 e. The van der Waals surface area contributed by atoms with E-state index < -0.39 is 59.6 Å². The molecule has 218 valence electrons. The molecule has 1 aromatic carbocycles. The van der Waals surface area contributed by atoms with Crippen molar-refractivity contribution >= 4 is 29.8 Å². The van der Waals surface area contributed by atoms with Crippen LogP contribution in [0, 0.1) is 13.8 Å². The summed E-state index contributed by atoms with van der Waals surface area (Å²) in [6.45, 7) is 13.9. The molecule has 2 unspecified atom stereocenters. The van der Waals surface area contributed by atoms with Crippen molar-refractivity contribution in [3.8, 4) is 0 Å². The van der Waals surface area contributed by atoms with Gasteiger partial charge in [-0.05, 0) is 78.0 Å². The average molecular weight is 549 g/mol. The van der Waals surface area contributed by atoms with Crippen LogP contribution in [0.5, 0.6) is 0 Å². The van der Waals surface area contributed by atoms with E-state index in [1.54, 1.807) is 40.7 Å². The molecule has 4 N–H and O–H groups in total. The molecule has 0 saturated carbocycles. The number of ether oxygens (including phenoxy) is 2. The number of methoxy groups -OCH3 is 1. The molecule has 0 heterocycles. The monoisotopic (exact) mass is 548 g/mol. The van der Waals surface area contributed by atoms with Gasteiger partial charge in [-0.3, -0.25) is 19.2 Å². The van der Waals surface area contributed by atoms with Gasteiger partial charge in [-0.2, -0.15) is 0 Å². The van der Waals surface area contributed by atoms with Crippen molar-refractivity contribution in [2.24, 2.45) is 5.73 Å². The highest BCUT2D eigenvalue weighted by molar-refractivity contribution is 5.94. The van der Waals surface area contributed by atoms with Crippen LogP contribution < -0.4 is 16.4 Å². The van der Waals surface area contributed by atoms with Crippen LogP contribution in [0.15, 0.2) is 18.2 Å². The molecule has 0 radical (unpaired) electrons. The molecule has 0 aliphatic carbocycles. The first kappa shape index (κ1) is 33.4. The SMILES string of the molecule is CCC(C)(C)N(C(=O)C(CCC(N)=O)NC(=O)OC(C)(C)C)C(C(=O)NCC(=O)OC)c1ccc(C)c(C)c1. The molecule has 0 bridgehead atoms. The van der Waals surface area contributed by atoms with Crippen LogP contribution in [0.25, 0.3) is 0 Å². The van der Waals surface area contributed by atoms with E-state index in [0.29, 0.717) is 12.0 Å². The molecule has 11 nitrogen and oxygen atoms in total. The number of carbonyl (C=O) groups is 5. The molecule has 4 amide bonds. The molecule has 0 fully saturated rings. The summed E-state index contributed by atoms with van der Waals surface area (Å²) >= 11 is 0. The molecule has 0 aromatic heterocycles. The number of aryl methyl sites for hydroxylation is 2. The number of hydrogen-bond donors (Lipinski definition) is 3. The third kappa shape index (κ3) is 10.2. The van der Waals surface area contributed by atoms with E-state index in [2.05, 4.69) is 15.4 Å². The Balaban J connectivity index is 3.70. The van der Waals surface area contributed by atoms with E-state index in [1.807, 2.05) is 32.9 Å². The maximum Gasteiger partial charge on any atom is 0.408 e. The second-order valence-corrected chi connectivity index (χ2v) is 11.1. The van der Waals surface area contributed by atoms with Crippen molar-refractivity contribution in [1.29, 1.82) is 0 Å². The van der Waals surface area contributed by atoms with Gasteiger partial charge in [-0.25, -0.2) is 4.79 Å². The van der Waals surface area contributed by atoms with Gasteiger partial charge in [0.2, 0.25) is 17.7 Å². The van der Waals surface area contributed by atoms with Crippen LogP contribution in [0.3, 0.4) is 0 Å². The van der Waals surface area contributed by atoms with Gasteiger partial charge in [0, 0.05) is 12.0 Å². The Morgan fingerprint density at radius 2 is 1.64 bits per heavy atom. The van der Waals surface area contributed by atoms with Crippen molar-refractivity contribution in [2.75, 3.05) is 13.7 Å². The van der Waals surface area contributed by atoms with E-state index >= 15 is 0 Å². The van der Waals surface area contributed by atoms with Crippen molar-refractivity contribution in [3.05, 3.63) is 34.9 Å². The summed E-state index contributed by atoms with van der Waals surface area (Å²) in [5, 5.41) is 5.13. The number of benzene rings is 1. The topological polar surface area (TPSA) is 157 Å². The summed E-state index contributed by atoms with van der Waals surface area (Å²) in [6.07, 6.45) is -0.695. The number of carbonyl (C=O) groups excluding carboxylic acids is 5. The molecule has 39 heavy (non-hydrogen) atoms. The highest BCUT2D eigenvalue weighted by atomic mass is 16.6. The minimum atomic E-state index is -1.22. The van der Waals surface area contributed by atoms with Crippen LogP contribution >= 0.6 is 0 Å². The number of rotatable bonds is 12. The number of esters is 1. The van der Waals surface area contributed by atoms with Crippen LogP contribution in [0.4, 0.5) is 4.79 Å². The van der Waals surface area contributed by atoms with Gasteiger partial charge in [0.05, 0.1) is 7.11 Å². The molecule has 11 heteroatoms. The molecule has 2 atom stereocenters. The van der Waals surface area contributed by atoms with Gasteiger partial charge in [0.1, 0.15) is 24.2 Å². The number of nitrogens with one attached hydrogen (secondary N) is 2. The molecule has 0 saturated heterocycles. The smallest absolute Gasteiger partial charge is 0.408 e. The average Bonchev–Trinajstić information content (AvgIpc) is 2.83. The Bertz CT molecular complexity index is 1060. The predicted molar refractivity (Wildman–Crippen MR) is 146 cm³/mol. The van der Waals surface area contributed by atoms with Crippen LogP contribution in [-0.2, 0) is 28.7 Å². The minimum absolute atomic E-state index is 0.104. The fraction of sp³-hybridized carbons (Fsp3) is 0.607. The molecule has 1 rings (SSSR count). The van der Waals surface area contributed by atoms with Gasteiger partial charge in [-0.15, -0.1) is 0 Å². The lowest BCUT2D eigenvalue weighted by atomic mass is 9.90. The van der Waals surface area contributed by atoms with Crippen molar-refractivity contribution in [3.63, 3.8) is 0 Å². The van der Waals surface area contributed by atoms with E-state index in [-0.39, 0.29) is 12.8 Å². The van der Waals surface area contributed by atoms with Crippen LogP contribution in [0.1, 0.15) is 83.5 Å². The maximum absolute atomic E-state index is 14.3. The summed E-state index contributed by atoms with van der Waals surface area (Å²) in [5.41, 5.74) is 6.03. The quantitative estimate of drug-likeness (QED) is 0.339. The van der Waals surface area contributed by atoms with Crippen molar-refractivity contribution in [1.82, 2.24) is 15.5 Å². The normalized spacial score (nSPS) is 13.1. The van der Waals surface area contributed by atoms with Gasteiger partial charge in [-0.1, -0.05) is 25.1 Å². The lowest BCUT2D eigenvalue weighted by Gasteiger charge is -2.44. The van der Waals surface area contributed by atoms with Gasteiger partial charge in [0.15, 0.2) is 0 Å². The Kier molecular flexibility index (Phi) is 12.0. The molecule has 0 spiro atoms. The Morgan fingerprint density at radius 3 is 2.13 bits per heavy atom. The zero-order chi connectivity index (χ0) is 30.1. The highest BCUT2D eigenvalue weighted by Gasteiger charge is 2.43. The Labute approximate surface area is 231 Å². The van der Waals surface area contributed by atoms with E-state index in [1.165, 1.54) is 12.0 Å². The molecule has 1 aromatic rings. The van der Waals surface area contributed by atoms with Gasteiger partial charge in [0.25, 0.3) is 0 Å². The first-order valence-electron chi connectivity index (χ1n) is 13.0. The largest absolute Gasteiger partial charge is 0.468 e. The van der Waals surface area contributed by atoms with E-state index in [0.717, 1.165) is 11.1 Å². The van der Waals surface area contributed by atoms with Crippen molar-refractivity contribution < 1.29 is 33.4 Å². The predicted octanol–water partition coefficient (Wildman–Crippen LogP) is 2.81. The van der Waals surface area contributed by atoms with Gasteiger partial charge < -0.3 is 30.7 Å². The zero-order valence-corrected chi connectivity index (χ0v) is 24.6. The standard InChI is InChI=1S/C28H44N4O7/c1-10-28(7,8)32(25(36)20(13-14-21(29)33)31-26(37)39-27(4,5)6)23(24(35)30-16-22(34)38-9)19-12-11-17(2)18(3)15-19/h11-12,15,20,23H,10,13-14,16H2,1-9H3,(H2,29,33)(H,30,35)(H,31,37). The summed E-state index contributed by atoms with van der Waals surface area (Å²) in [6, 6.07) is 3.00. The van der Waals surface area contributed by atoms with E-state index in [4.69, 9.17) is 10.5 Å². The number of hydrogen-bond acceptors (Lipinski definition) is 7. The number of alkyl carbamates (subject to hydrolysis) is 1. The lowest BCUT2D eigenvalue weighted by molar-refractivity contribution is -0.150. The highest BCUT2D eigenvalue weighted by Crippen LogP contribution is 2.33. The third-order valence-electron chi connectivity index (χ3n) is 6.41. The first-order chi connectivity index (χ1) is 17.9. The van der Waals surface area contributed by atoms with E-state index in [9.17, 15) is 24.0 Å². The van der Waals surface area contributed by atoms with Crippen LogP contribution in [0.2, 0.25) is 0 Å². The number of nitrogens with two attached hydrogens (primary N) is 1. The summed E-state index contributed by atoms with van der Waals surface area (Å²) < 4.78 is 10.0. The summed E-state index contributed by atoms with van der Waals surface area (Å²) in [5.74, 6) is -2.52. The number of primary amides is 1. The summed E-state index contributed by atoms with van der Waals surface area (Å²) in [4.78, 5) is 65.4. The molecular weight excluding hydrogens is 504 g/mol. The fourth-order valence-corrected chi connectivity index (χ4v) is 3.79.